The highest BCUT2D eigenvalue weighted by molar-refractivity contribution is 5.99. The Morgan fingerprint density at radius 3 is 2.65 bits per heavy atom. The van der Waals surface area contributed by atoms with E-state index < -0.39 is 0 Å². The highest BCUT2D eigenvalue weighted by Crippen LogP contribution is 2.35. The van der Waals surface area contributed by atoms with Crippen molar-refractivity contribution in [2.45, 2.75) is 25.8 Å². The molecule has 1 aliphatic heterocycles. The molecule has 2 amide bonds. The summed E-state index contributed by atoms with van der Waals surface area (Å²) < 4.78 is 11.8. The number of benzene rings is 3. The molecule has 1 unspecified atom stereocenters. The molecule has 2 N–H and O–H groups in total. The van der Waals surface area contributed by atoms with Crippen LogP contribution in [0.5, 0.6) is 11.5 Å². The number of urea groups is 1. The van der Waals surface area contributed by atoms with Crippen LogP contribution in [-0.4, -0.2) is 54.8 Å². The zero-order valence-electron chi connectivity index (χ0n) is 21.5. The van der Waals surface area contributed by atoms with E-state index >= 15 is 0 Å². The van der Waals surface area contributed by atoms with Crippen molar-refractivity contribution in [1.29, 1.82) is 0 Å². The number of piperidine rings is 1. The second-order valence-corrected chi connectivity index (χ2v) is 9.69. The number of carbonyl (C=O) groups is 1. The van der Waals surface area contributed by atoms with Gasteiger partial charge in [-0.25, -0.2) is 14.8 Å². The normalized spacial score (nSPS) is 15.4. The maximum atomic E-state index is 13.0. The van der Waals surface area contributed by atoms with Gasteiger partial charge in [0, 0.05) is 11.5 Å². The molecule has 1 atom stereocenters. The number of rotatable bonds is 7. The van der Waals surface area contributed by atoms with Gasteiger partial charge in [-0.2, -0.15) is 0 Å². The largest absolute Gasteiger partial charge is 0.493 e. The van der Waals surface area contributed by atoms with E-state index in [2.05, 4.69) is 50.7 Å². The van der Waals surface area contributed by atoms with Crippen molar-refractivity contribution >= 4 is 33.5 Å². The summed E-state index contributed by atoms with van der Waals surface area (Å²) in [5.74, 6) is 2.16. The summed E-state index contributed by atoms with van der Waals surface area (Å²) in [7, 11) is 3.76. The summed E-state index contributed by atoms with van der Waals surface area (Å²) in [5.41, 5.74) is 1.72. The molecule has 192 valence electrons. The molecular formula is C29H33N5O3. The van der Waals surface area contributed by atoms with Crippen molar-refractivity contribution in [3.8, 4) is 11.5 Å². The molecule has 37 heavy (non-hydrogen) atoms. The maximum Gasteiger partial charge on any atom is 0.320 e. The molecule has 0 bridgehead atoms. The molecule has 3 aromatic carbocycles. The van der Waals surface area contributed by atoms with Crippen LogP contribution in [-0.2, 0) is 0 Å². The number of fused-ring (bicyclic) bond motifs is 2. The molecule has 8 nitrogen and oxygen atoms in total. The van der Waals surface area contributed by atoms with Crippen molar-refractivity contribution in [3.05, 3.63) is 66.5 Å². The van der Waals surface area contributed by atoms with E-state index in [4.69, 9.17) is 9.47 Å². The molecule has 1 aliphatic rings. The fourth-order valence-corrected chi connectivity index (χ4v) is 4.92. The zero-order chi connectivity index (χ0) is 25.8. The van der Waals surface area contributed by atoms with E-state index in [9.17, 15) is 4.79 Å². The Morgan fingerprint density at radius 2 is 1.84 bits per heavy atom. The van der Waals surface area contributed by atoms with Gasteiger partial charge in [0.25, 0.3) is 0 Å². The summed E-state index contributed by atoms with van der Waals surface area (Å²) in [6.07, 6.45) is 3.68. The number of aromatic nitrogens is 2. The number of nitrogens with one attached hydrogen (secondary N) is 2. The van der Waals surface area contributed by atoms with Crippen molar-refractivity contribution in [3.63, 3.8) is 0 Å². The average molecular weight is 500 g/mol. The molecular weight excluding hydrogens is 466 g/mol. The fraction of sp³-hybridized carbons (Fsp3) is 0.345. The lowest BCUT2D eigenvalue weighted by Crippen LogP contribution is -2.32. The van der Waals surface area contributed by atoms with Crippen molar-refractivity contribution in [2.75, 3.05) is 39.2 Å². The Balaban J connectivity index is 1.31. The summed E-state index contributed by atoms with van der Waals surface area (Å²) in [6, 6.07) is 17.4. The van der Waals surface area contributed by atoms with Crippen LogP contribution in [0.15, 0.2) is 60.9 Å². The van der Waals surface area contributed by atoms with Crippen molar-refractivity contribution in [1.82, 2.24) is 20.2 Å². The van der Waals surface area contributed by atoms with Crippen molar-refractivity contribution in [2.24, 2.45) is 5.92 Å². The van der Waals surface area contributed by atoms with Gasteiger partial charge in [-0.1, -0.05) is 42.5 Å². The summed E-state index contributed by atoms with van der Waals surface area (Å²) >= 11 is 0. The standard InChI is InChI=1S/C29H33N5O3/c1-19(22-10-6-8-21-7-4-5-9-23(21)22)32-29(35)33-28-24-15-26(36-3)27(16-25(24)30-18-31-28)37-17-20-11-13-34(2)14-12-20/h4-10,15-16,18-20H,11-14,17H2,1-3H3,(H2,30,31,32,33,35). The second kappa shape index (κ2) is 11.0. The first-order chi connectivity index (χ1) is 18.0. The van der Waals surface area contributed by atoms with Gasteiger partial charge in [-0.3, -0.25) is 5.32 Å². The van der Waals surface area contributed by atoms with Crippen LogP contribution in [0.3, 0.4) is 0 Å². The average Bonchev–Trinajstić information content (AvgIpc) is 2.92. The summed E-state index contributed by atoms with van der Waals surface area (Å²) in [6.45, 7) is 4.79. The van der Waals surface area contributed by atoms with E-state index in [1.165, 1.54) is 6.33 Å². The van der Waals surface area contributed by atoms with Crippen molar-refractivity contribution < 1.29 is 14.3 Å². The summed E-state index contributed by atoms with van der Waals surface area (Å²) in [4.78, 5) is 24.0. The first kappa shape index (κ1) is 24.8. The Bertz CT molecular complexity index is 1400. The molecule has 5 rings (SSSR count). The highest BCUT2D eigenvalue weighted by atomic mass is 16.5. The first-order valence-corrected chi connectivity index (χ1v) is 12.7. The van der Waals surface area contributed by atoms with E-state index in [0.717, 1.165) is 42.3 Å². The molecule has 0 spiro atoms. The number of nitrogens with zero attached hydrogens (tertiary/aromatic N) is 3. The number of hydrogen-bond acceptors (Lipinski definition) is 6. The lowest BCUT2D eigenvalue weighted by Gasteiger charge is -2.28. The van der Waals surface area contributed by atoms with Crippen LogP contribution in [0.25, 0.3) is 21.7 Å². The third kappa shape index (κ3) is 5.59. The monoisotopic (exact) mass is 499 g/mol. The zero-order valence-corrected chi connectivity index (χ0v) is 21.5. The van der Waals surface area contributed by atoms with Gasteiger partial charge >= 0.3 is 6.03 Å². The second-order valence-electron chi connectivity index (χ2n) is 9.69. The molecule has 1 fully saturated rings. The SMILES string of the molecule is COc1cc2c(NC(=O)NC(C)c3cccc4ccccc34)ncnc2cc1OCC1CCN(C)CC1. The highest BCUT2D eigenvalue weighted by Gasteiger charge is 2.19. The number of amides is 2. The summed E-state index contributed by atoms with van der Waals surface area (Å²) in [5, 5.41) is 8.85. The lowest BCUT2D eigenvalue weighted by atomic mass is 9.98. The lowest BCUT2D eigenvalue weighted by molar-refractivity contribution is 0.157. The predicted octanol–water partition coefficient (Wildman–Crippen LogP) is 5.39. The fourth-order valence-electron chi connectivity index (χ4n) is 4.92. The van der Waals surface area contributed by atoms with E-state index in [0.29, 0.717) is 40.7 Å². The number of hydrogen-bond donors (Lipinski definition) is 2. The van der Waals surface area contributed by atoms with Gasteiger partial charge < -0.3 is 19.7 Å². The Morgan fingerprint density at radius 1 is 1.05 bits per heavy atom. The van der Waals surface area contributed by atoms with E-state index in [1.54, 1.807) is 7.11 Å². The molecule has 8 heteroatoms. The quantitative estimate of drug-likeness (QED) is 0.354. The van der Waals surface area contributed by atoms with Crippen LogP contribution in [0, 0.1) is 5.92 Å². The van der Waals surface area contributed by atoms with Gasteiger partial charge in [0.2, 0.25) is 0 Å². The third-order valence-corrected chi connectivity index (χ3v) is 7.10. The number of carbonyl (C=O) groups excluding carboxylic acids is 1. The van der Waals surface area contributed by atoms with E-state index in [-0.39, 0.29) is 12.1 Å². The predicted molar refractivity (Wildman–Crippen MR) is 146 cm³/mol. The minimum atomic E-state index is -0.345. The van der Waals surface area contributed by atoms with Gasteiger partial charge in [-0.15, -0.1) is 0 Å². The van der Waals surface area contributed by atoms with Gasteiger partial charge in [0.1, 0.15) is 12.1 Å². The molecule has 0 aliphatic carbocycles. The van der Waals surface area contributed by atoms with Gasteiger partial charge in [0.05, 0.1) is 25.3 Å². The van der Waals surface area contributed by atoms with Crippen LogP contribution in [0.1, 0.15) is 31.4 Å². The third-order valence-electron chi connectivity index (χ3n) is 7.10. The molecule has 0 radical (unpaired) electrons. The first-order valence-electron chi connectivity index (χ1n) is 12.7. The Labute approximate surface area is 217 Å². The number of methoxy groups -OCH3 is 1. The molecule has 1 saturated heterocycles. The van der Waals surface area contributed by atoms with Gasteiger partial charge in [0.15, 0.2) is 11.5 Å². The minimum Gasteiger partial charge on any atom is -0.493 e. The van der Waals surface area contributed by atoms with Crippen LogP contribution in [0.2, 0.25) is 0 Å². The van der Waals surface area contributed by atoms with Crippen LogP contribution in [0.4, 0.5) is 10.6 Å². The topological polar surface area (TPSA) is 88.6 Å². The molecule has 4 aromatic rings. The smallest absolute Gasteiger partial charge is 0.320 e. The maximum absolute atomic E-state index is 13.0. The number of anilines is 1. The van der Waals surface area contributed by atoms with Gasteiger partial charge in [-0.05, 0) is 68.2 Å². The molecule has 1 aromatic heterocycles. The number of ether oxygens (including phenoxy) is 2. The number of likely N-dealkylation sites (tertiary alicyclic amines) is 1. The minimum absolute atomic E-state index is 0.201. The van der Waals surface area contributed by atoms with E-state index in [1.807, 2.05) is 43.3 Å². The Hall–Kier alpha value is -3.91. The van der Waals surface area contributed by atoms with Crippen LogP contribution < -0.4 is 20.1 Å². The molecule has 0 saturated carbocycles. The molecule has 2 heterocycles. The Kier molecular flexibility index (Phi) is 7.37. The van der Waals surface area contributed by atoms with Crippen LogP contribution >= 0.6 is 0 Å².